The van der Waals surface area contributed by atoms with Gasteiger partial charge in [0.2, 0.25) is 5.91 Å². The van der Waals surface area contributed by atoms with Crippen LogP contribution in [0.4, 0.5) is 0 Å². The first kappa shape index (κ1) is 74.7. The maximum absolute atomic E-state index is 13.5. The molecule has 0 fully saturated rings. The Balaban J connectivity index is 5.35. The van der Waals surface area contributed by atoms with Gasteiger partial charge in [-0.2, -0.15) is 0 Å². The van der Waals surface area contributed by atoms with E-state index < -0.39 is 26.6 Å². The molecule has 1 amide bonds. The van der Waals surface area contributed by atoms with Crippen molar-refractivity contribution in [1.82, 2.24) is 5.32 Å². The van der Waals surface area contributed by atoms with Crippen LogP contribution in [0.25, 0.3) is 0 Å². The molecule has 10 heteroatoms. The lowest BCUT2D eigenvalue weighted by Crippen LogP contribution is -2.47. The number of quaternary nitrogens is 1. The Kier molecular flexibility index (Phi) is 54.5. The number of nitrogens with one attached hydrogen (secondary N) is 1. The summed E-state index contributed by atoms with van der Waals surface area (Å²) in [4.78, 5) is 40.0. The Morgan fingerprint density at radius 3 is 1.21 bits per heavy atom. The van der Waals surface area contributed by atoms with E-state index in [9.17, 15) is 19.0 Å². The highest BCUT2D eigenvalue weighted by Gasteiger charge is 2.27. The van der Waals surface area contributed by atoms with Gasteiger partial charge in [0.05, 0.1) is 33.8 Å². The zero-order chi connectivity index (χ0) is 57.2. The summed E-state index contributed by atoms with van der Waals surface area (Å²) in [7, 11) is 1.14. The summed E-state index contributed by atoms with van der Waals surface area (Å²) >= 11 is 0. The fraction of sp³-hybridized carbons (Fsp3) is 0.706. The molecule has 0 aromatic rings. The SMILES string of the molecule is CCCCC/C=C\C/C=C\C/C=C\C/C=C\CCCCCCCC(=O)OC(/C=C/CCCCCCCCCCCC)C(COP(=O)([O-])OCC[N+](C)(C)C)NC(=O)CCCCC/C=C\C/C=C\C/C=C\C/C=C\CCCCC. The number of rotatable bonds is 56. The fourth-order valence-corrected chi connectivity index (χ4v) is 9.21. The molecule has 0 aliphatic carbocycles. The predicted octanol–water partition coefficient (Wildman–Crippen LogP) is 19.1. The minimum atomic E-state index is -4.72. The van der Waals surface area contributed by atoms with Crippen LogP contribution in [0.15, 0.2) is 109 Å². The minimum absolute atomic E-state index is 0.0376. The quantitative estimate of drug-likeness (QED) is 0.0212. The number of carbonyl (C=O) groups is 2. The number of hydrogen-bond acceptors (Lipinski definition) is 7. The first-order chi connectivity index (χ1) is 37.9. The Morgan fingerprint density at radius 1 is 0.449 bits per heavy atom. The molecule has 0 aliphatic rings. The Morgan fingerprint density at radius 2 is 0.782 bits per heavy atom. The first-order valence-electron chi connectivity index (χ1n) is 31.7. The summed E-state index contributed by atoms with van der Waals surface area (Å²) in [6.45, 7) is 6.74. The van der Waals surface area contributed by atoms with Crippen molar-refractivity contribution < 1.29 is 37.3 Å². The smallest absolute Gasteiger partial charge is 0.306 e. The second-order valence-electron chi connectivity index (χ2n) is 22.2. The zero-order valence-electron chi connectivity index (χ0n) is 51.1. The number of unbranched alkanes of at least 4 members (excludes halogenated alkanes) is 24. The second kappa shape index (κ2) is 56.9. The molecule has 0 aliphatic heterocycles. The van der Waals surface area contributed by atoms with Crippen molar-refractivity contribution in [2.75, 3.05) is 40.9 Å². The monoisotopic (exact) mass is 1110 g/mol. The van der Waals surface area contributed by atoms with E-state index in [0.29, 0.717) is 23.9 Å². The zero-order valence-corrected chi connectivity index (χ0v) is 52.0. The van der Waals surface area contributed by atoms with Gasteiger partial charge in [0.25, 0.3) is 7.82 Å². The molecule has 0 aromatic heterocycles. The molecular weight excluding hydrogens is 988 g/mol. The van der Waals surface area contributed by atoms with Gasteiger partial charge in [-0.05, 0) is 122 Å². The number of esters is 1. The van der Waals surface area contributed by atoms with Crippen molar-refractivity contribution in [3.05, 3.63) is 109 Å². The predicted molar refractivity (Wildman–Crippen MR) is 334 cm³/mol. The molecule has 0 saturated carbocycles. The number of allylic oxidation sites excluding steroid dienone is 17. The third kappa shape index (κ3) is 57.4. The van der Waals surface area contributed by atoms with E-state index in [1.807, 2.05) is 33.3 Å². The highest BCUT2D eigenvalue weighted by atomic mass is 31.2. The number of carbonyl (C=O) groups excluding carboxylic acids is 2. The molecule has 0 aromatic carbocycles. The van der Waals surface area contributed by atoms with Crippen molar-refractivity contribution in [3.63, 3.8) is 0 Å². The highest BCUT2D eigenvalue weighted by Crippen LogP contribution is 2.38. The lowest BCUT2D eigenvalue weighted by molar-refractivity contribution is -0.870. The number of phosphoric acid groups is 1. The van der Waals surface area contributed by atoms with Crippen molar-refractivity contribution in [2.24, 2.45) is 0 Å². The Bertz CT molecular complexity index is 1700. The van der Waals surface area contributed by atoms with Gasteiger partial charge in [-0.15, -0.1) is 0 Å². The summed E-state index contributed by atoms with van der Waals surface area (Å²) in [5.41, 5.74) is 0. The van der Waals surface area contributed by atoms with E-state index in [1.165, 1.54) is 103 Å². The molecule has 9 nitrogen and oxygen atoms in total. The van der Waals surface area contributed by atoms with Gasteiger partial charge in [-0.3, -0.25) is 14.2 Å². The molecule has 448 valence electrons. The fourth-order valence-electron chi connectivity index (χ4n) is 8.49. The van der Waals surface area contributed by atoms with Crippen molar-refractivity contribution in [1.29, 1.82) is 0 Å². The maximum Gasteiger partial charge on any atom is 0.306 e. The Hall–Kier alpha value is -3.33. The summed E-state index contributed by atoms with van der Waals surface area (Å²) in [6.07, 6.45) is 77.6. The van der Waals surface area contributed by atoms with Crippen molar-refractivity contribution in [3.8, 4) is 0 Å². The minimum Gasteiger partial charge on any atom is -0.756 e. The number of amides is 1. The van der Waals surface area contributed by atoms with E-state index in [4.69, 9.17) is 13.8 Å². The third-order valence-corrected chi connectivity index (χ3v) is 14.4. The molecule has 0 radical (unpaired) electrons. The van der Waals surface area contributed by atoms with Crippen LogP contribution in [0, 0.1) is 0 Å². The third-order valence-electron chi connectivity index (χ3n) is 13.4. The average Bonchev–Trinajstić information content (AvgIpc) is 3.40. The van der Waals surface area contributed by atoms with Crippen LogP contribution < -0.4 is 10.2 Å². The lowest BCUT2D eigenvalue weighted by Gasteiger charge is -2.30. The van der Waals surface area contributed by atoms with Crippen molar-refractivity contribution in [2.45, 2.75) is 270 Å². The lowest BCUT2D eigenvalue weighted by atomic mass is 10.1. The van der Waals surface area contributed by atoms with E-state index in [-0.39, 0.29) is 31.3 Å². The first-order valence-corrected chi connectivity index (χ1v) is 33.2. The number of phosphoric ester groups is 1. The summed E-state index contributed by atoms with van der Waals surface area (Å²) in [5, 5.41) is 3.00. The summed E-state index contributed by atoms with van der Waals surface area (Å²) in [6, 6.07) is -0.920. The standard InChI is InChI=1S/C68H119N2O7P/c1-7-10-13-16-19-22-25-28-30-32-34-35-37-39-41-43-46-49-52-55-58-61-68(72)77-66(59-56-53-50-47-44-27-24-21-18-15-12-9-3)65(64-76-78(73,74)75-63-62-70(4,5)6)69-67(71)60-57-54-51-48-45-42-40-38-36-33-31-29-26-23-20-17-14-11-8-2/h19-20,22-23,28-31,34-36,38-39,41-42,45,56,59,65-66H,7-18,21,24-27,32-33,37,40,43-44,46-55,57-58,60-64H2,1-6H3,(H-,69,71,73,74)/b22-19-,23-20-,30-28-,31-29-,35-34-,38-36-,41-39-,45-42-,59-56+. The van der Waals surface area contributed by atoms with Crippen LogP contribution in [0.1, 0.15) is 258 Å². The topological polar surface area (TPSA) is 114 Å². The highest BCUT2D eigenvalue weighted by molar-refractivity contribution is 7.45. The summed E-state index contributed by atoms with van der Waals surface area (Å²) in [5.74, 6) is -0.603. The van der Waals surface area contributed by atoms with Crippen molar-refractivity contribution >= 4 is 19.7 Å². The van der Waals surface area contributed by atoms with E-state index in [1.54, 1.807) is 0 Å². The number of nitrogens with zero attached hydrogens (tertiary/aromatic N) is 1. The van der Waals surface area contributed by atoms with E-state index in [2.05, 4.69) is 123 Å². The van der Waals surface area contributed by atoms with Gasteiger partial charge >= 0.3 is 5.97 Å². The molecule has 0 saturated heterocycles. The largest absolute Gasteiger partial charge is 0.756 e. The number of hydrogen-bond donors (Lipinski definition) is 1. The van der Waals surface area contributed by atoms with Gasteiger partial charge in [0.1, 0.15) is 19.3 Å². The van der Waals surface area contributed by atoms with Gasteiger partial charge in [0, 0.05) is 12.8 Å². The van der Waals surface area contributed by atoms with Crippen LogP contribution in [-0.4, -0.2) is 69.4 Å². The van der Waals surface area contributed by atoms with E-state index in [0.717, 1.165) is 109 Å². The van der Waals surface area contributed by atoms with Crippen LogP contribution in [0.5, 0.6) is 0 Å². The van der Waals surface area contributed by atoms with Crippen LogP contribution in [0.3, 0.4) is 0 Å². The molecule has 0 rings (SSSR count). The molecule has 78 heavy (non-hydrogen) atoms. The van der Waals surface area contributed by atoms with Crippen LogP contribution in [-0.2, 0) is 27.9 Å². The van der Waals surface area contributed by atoms with Gasteiger partial charge < -0.3 is 28.5 Å². The number of ether oxygens (including phenoxy) is 1. The van der Waals surface area contributed by atoms with Gasteiger partial charge in [0.15, 0.2) is 0 Å². The van der Waals surface area contributed by atoms with Gasteiger partial charge in [-0.25, -0.2) is 0 Å². The van der Waals surface area contributed by atoms with E-state index >= 15 is 0 Å². The van der Waals surface area contributed by atoms with Crippen LogP contribution >= 0.6 is 7.82 Å². The molecule has 1 N–H and O–H groups in total. The Labute approximate surface area is 481 Å². The molecule has 3 atom stereocenters. The molecular formula is C68H119N2O7P. The summed E-state index contributed by atoms with van der Waals surface area (Å²) < 4.78 is 30.3. The molecule has 0 spiro atoms. The molecule has 3 unspecified atom stereocenters. The maximum atomic E-state index is 13.5. The molecule has 0 heterocycles. The van der Waals surface area contributed by atoms with Crippen LogP contribution in [0.2, 0.25) is 0 Å². The number of likely N-dealkylation sites (N-methyl/N-ethyl adjacent to an activating group) is 1. The van der Waals surface area contributed by atoms with Gasteiger partial charge in [-0.1, -0.05) is 233 Å². The normalized spacial score (nSPS) is 14.4. The second-order valence-corrected chi connectivity index (χ2v) is 23.6. The average molecular weight is 1110 g/mol. The molecule has 0 bridgehead atoms.